The zero-order chi connectivity index (χ0) is 13.5. The molecule has 1 fully saturated rings. The molecule has 1 aliphatic rings. The second-order valence-electron chi connectivity index (χ2n) is 5.59. The molecule has 2 N–H and O–H groups in total. The van der Waals surface area contributed by atoms with Crippen LogP contribution in [0.4, 0.5) is 0 Å². The summed E-state index contributed by atoms with van der Waals surface area (Å²) in [6.07, 6.45) is 4.82. The summed E-state index contributed by atoms with van der Waals surface area (Å²) in [7, 11) is 2.16. The van der Waals surface area contributed by atoms with Gasteiger partial charge in [0.15, 0.2) is 0 Å². The van der Waals surface area contributed by atoms with E-state index in [9.17, 15) is 4.79 Å². The average molecular weight is 255 g/mol. The summed E-state index contributed by atoms with van der Waals surface area (Å²) >= 11 is 0. The Kier molecular flexibility index (Phi) is 6.65. The summed E-state index contributed by atoms with van der Waals surface area (Å²) in [6.45, 7) is 8.04. The van der Waals surface area contributed by atoms with Gasteiger partial charge in [-0.05, 0) is 40.2 Å². The van der Waals surface area contributed by atoms with Crippen LogP contribution in [-0.4, -0.2) is 49.1 Å². The fourth-order valence-corrected chi connectivity index (χ4v) is 2.12. The predicted octanol–water partition coefficient (Wildman–Crippen LogP) is 1.36. The molecule has 1 aliphatic carbocycles. The van der Waals surface area contributed by atoms with E-state index in [1.165, 1.54) is 12.8 Å². The maximum Gasteiger partial charge on any atom is 0.237 e. The zero-order valence-electron chi connectivity index (χ0n) is 12.3. The molecule has 4 nitrogen and oxygen atoms in total. The largest absolute Gasteiger partial charge is 0.352 e. The summed E-state index contributed by atoms with van der Waals surface area (Å²) < 4.78 is 0. The molecule has 2 unspecified atom stereocenters. The van der Waals surface area contributed by atoms with Crippen molar-refractivity contribution in [2.75, 3.05) is 20.1 Å². The van der Waals surface area contributed by atoms with Crippen LogP contribution in [0.1, 0.15) is 46.5 Å². The summed E-state index contributed by atoms with van der Waals surface area (Å²) in [5.74, 6) is 0.116. The summed E-state index contributed by atoms with van der Waals surface area (Å²) in [4.78, 5) is 14.2. The average Bonchev–Trinajstić information content (AvgIpc) is 3.12. The standard InChI is InChI=1S/C14H29N3O/c1-5-6-11(2)16-14(18)12(3)15-9-10-17(4)13-7-8-13/h11-13,15H,5-10H2,1-4H3,(H,16,18). The Morgan fingerprint density at radius 1 is 1.39 bits per heavy atom. The Labute approximate surface area is 111 Å². The molecule has 0 bridgehead atoms. The first kappa shape index (κ1) is 15.4. The smallest absolute Gasteiger partial charge is 0.237 e. The fourth-order valence-electron chi connectivity index (χ4n) is 2.12. The molecule has 18 heavy (non-hydrogen) atoms. The molecule has 0 spiro atoms. The number of nitrogens with one attached hydrogen (secondary N) is 2. The van der Waals surface area contributed by atoms with Gasteiger partial charge < -0.3 is 15.5 Å². The third-order valence-corrected chi connectivity index (χ3v) is 3.59. The van der Waals surface area contributed by atoms with Crippen molar-refractivity contribution >= 4 is 5.91 Å². The van der Waals surface area contributed by atoms with Gasteiger partial charge in [-0.25, -0.2) is 0 Å². The van der Waals surface area contributed by atoms with Crippen LogP contribution < -0.4 is 10.6 Å². The van der Waals surface area contributed by atoms with Gasteiger partial charge in [-0.1, -0.05) is 13.3 Å². The van der Waals surface area contributed by atoms with Gasteiger partial charge in [0.2, 0.25) is 5.91 Å². The highest BCUT2D eigenvalue weighted by molar-refractivity contribution is 5.81. The molecule has 4 heteroatoms. The summed E-state index contributed by atoms with van der Waals surface area (Å²) in [6, 6.07) is 0.971. The molecule has 106 valence electrons. The molecule has 0 saturated heterocycles. The number of hydrogen-bond donors (Lipinski definition) is 2. The maximum atomic E-state index is 11.9. The zero-order valence-corrected chi connectivity index (χ0v) is 12.3. The minimum Gasteiger partial charge on any atom is -0.352 e. The van der Waals surface area contributed by atoms with Gasteiger partial charge in [0.1, 0.15) is 0 Å². The van der Waals surface area contributed by atoms with Crippen molar-refractivity contribution in [1.29, 1.82) is 0 Å². The minimum atomic E-state index is -0.100. The third-order valence-electron chi connectivity index (χ3n) is 3.59. The fraction of sp³-hybridized carbons (Fsp3) is 0.929. The van der Waals surface area contributed by atoms with Crippen molar-refractivity contribution in [1.82, 2.24) is 15.5 Å². The first-order valence-electron chi connectivity index (χ1n) is 7.28. The lowest BCUT2D eigenvalue weighted by Gasteiger charge is -2.20. The highest BCUT2D eigenvalue weighted by atomic mass is 16.2. The van der Waals surface area contributed by atoms with Gasteiger partial charge in [-0.3, -0.25) is 4.79 Å². The van der Waals surface area contributed by atoms with Crippen molar-refractivity contribution in [3.8, 4) is 0 Å². The van der Waals surface area contributed by atoms with Crippen molar-refractivity contribution < 1.29 is 4.79 Å². The van der Waals surface area contributed by atoms with E-state index in [-0.39, 0.29) is 18.0 Å². The van der Waals surface area contributed by atoms with E-state index in [0.29, 0.717) is 0 Å². The van der Waals surface area contributed by atoms with Gasteiger partial charge in [0.25, 0.3) is 0 Å². The van der Waals surface area contributed by atoms with Crippen LogP contribution >= 0.6 is 0 Å². The number of likely N-dealkylation sites (N-methyl/N-ethyl adjacent to an activating group) is 1. The second-order valence-corrected chi connectivity index (χ2v) is 5.59. The Morgan fingerprint density at radius 3 is 2.61 bits per heavy atom. The quantitative estimate of drug-likeness (QED) is 0.654. The molecular weight excluding hydrogens is 226 g/mol. The molecular formula is C14H29N3O. The lowest BCUT2D eigenvalue weighted by Crippen LogP contribution is -2.47. The van der Waals surface area contributed by atoms with E-state index >= 15 is 0 Å². The Morgan fingerprint density at radius 2 is 2.06 bits per heavy atom. The first-order valence-corrected chi connectivity index (χ1v) is 7.28. The Bertz CT molecular complexity index is 253. The number of amides is 1. The predicted molar refractivity (Wildman–Crippen MR) is 75.6 cm³/mol. The van der Waals surface area contributed by atoms with E-state index in [0.717, 1.165) is 32.0 Å². The van der Waals surface area contributed by atoms with E-state index in [4.69, 9.17) is 0 Å². The van der Waals surface area contributed by atoms with Gasteiger partial charge in [0, 0.05) is 25.2 Å². The molecule has 1 rings (SSSR count). The van der Waals surface area contributed by atoms with Gasteiger partial charge in [-0.15, -0.1) is 0 Å². The molecule has 2 atom stereocenters. The Hall–Kier alpha value is -0.610. The molecule has 0 aliphatic heterocycles. The number of carbonyl (C=O) groups excluding carboxylic acids is 1. The molecule has 1 saturated carbocycles. The molecule has 0 aromatic carbocycles. The monoisotopic (exact) mass is 255 g/mol. The number of hydrogen-bond acceptors (Lipinski definition) is 3. The molecule has 0 aromatic heterocycles. The van der Waals surface area contributed by atoms with E-state index in [1.54, 1.807) is 0 Å². The van der Waals surface area contributed by atoms with E-state index in [1.807, 2.05) is 6.92 Å². The topological polar surface area (TPSA) is 44.4 Å². The summed E-state index contributed by atoms with van der Waals surface area (Å²) in [5, 5.41) is 6.33. The molecule has 0 aromatic rings. The first-order chi connectivity index (χ1) is 8.54. The van der Waals surface area contributed by atoms with Crippen LogP contribution in [0.3, 0.4) is 0 Å². The number of carbonyl (C=O) groups is 1. The lowest BCUT2D eigenvalue weighted by atomic mass is 10.2. The number of nitrogens with zero attached hydrogens (tertiary/aromatic N) is 1. The normalized spacial score (nSPS) is 18.7. The van der Waals surface area contributed by atoms with Gasteiger partial charge >= 0.3 is 0 Å². The van der Waals surface area contributed by atoms with Crippen molar-refractivity contribution in [3.05, 3.63) is 0 Å². The number of rotatable bonds is 9. The van der Waals surface area contributed by atoms with E-state index in [2.05, 4.69) is 36.4 Å². The third kappa shape index (κ3) is 5.83. The van der Waals surface area contributed by atoms with Crippen molar-refractivity contribution in [2.24, 2.45) is 0 Å². The van der Waals surface area contributed by atoms with Crippen LogP contribution in [0.5, 0.6) is 0 Å². The van der Waals surface area contributed by atoms with Crippen LogP contribution in [0.2, 0.25) is 0 Å². The van der Waals surface area contributed by atoms with Crippen molar-refractivity contribution in [3.63, 3.8) is 0 Å². The molecule has 0 radical (unpaired) electrons. The van der Waals surface area contributed by atoms with Crippen LogP contribution in [0, 0.1) is 0 Å². The van der Waals surface area contributed by atoms with E-state index < -0.39 is 0 Å². The van der Waals surface area contributed by atoms with Crippen LogP contribution in [-0.2, 0) is 4.79 Å². The molecule has 1 amide bonds. The molecule has 0 heterocycles. The minimum absolute atomic E-state index is 0.100. The Balaban J connectivity index is 2.10. The van der Waals surface area contributed by atoms with Gasteiger partial charge in [0.05, 0.1) is 6.04 Å². The SMILES string of the molecule is CCCC(C)NC(=O)C(C)NCCN(C)C1CC1. The highest BCUT2D eigenvalue weighted by Crippen LogP contribution is 2.24. The summed E-state index contributed by atoms with van der Waals surface area (Å²) in [5.41, 5.74) is 0. The second kappa shape index (κ2) is 7.74. The van der Waals surface area contributed by atoms with Gasteiger partial charge in [-0.2, -0.15) is 0 Å². The van der Waals surface area contributed by atoms with Crippen molar-refractivity contribution in [2.45, 2.75) is 64.6 Å². The van der Waals surface area contributed by atoms with Crippen LogP contribution in [0.15, 0.2) is 0 Å². The highest BCUT2D eigenvalue weighted by Gasteiger charge is 2.25. The maximum absolute atomic E-state index is 11.9. The lowest BCUT2D eigenvalue weighted by molar-refractivity contribution is -0.123. The van der Waals surface area contributed by atoms with Crippen LogP contribution in [0.25, 0.3) is 0 Å².